The third-order valence-corrected chi connectivity index (χ3v) is 4.92. The molecule has 0 aliphatic rings. The van der Waals surface area contributed by atoms with E-state index in [2.05, 4.69) is 13.8 Å². The Morgan fingerprint density at radius 1 is 1.24 bits per heavy atom. The van der Waals surface area contributed by atoms with Crippen molar-refractivity contribution >= 4 is 33.1 Å². The van der Waals surface area contributed by atoms with Crippen LogP contribution in [0.1, 0.15) is 9.67 Å². The van der Waals surface area contributed by atoms with E-state index in [1.54, 1.807) is 6.07 Å². The third kappa shape index (κ3) is 3.92. The number of esters is 1. The van der Waals surface area contributed by atoms with E-state index in [-0.39, 0.29) is 0 Å². The van der Waals surface area contributed by atoms with Gasteiger partial charge in [-0.05, 0) is 29.8 Å². The van der Waals surface area contributed by atoms with Crippen LogP contribution in [0.25, 0.3) is 15.3 Å². The summed E-state index contributed by atoms with van der Waals surface area (Å²) < 4.78 is 67.8. The minimum absolute atomic E-state index is 0.293. The molecule has 2 rings (SSSR count). The van der Waals surface area contributed by atoms with Crippen LogP contribution >= 0.6 is 11.3 Å². The zero-order valence-corrected chi connectivity index (χ0v) is 14.0. The topological polar surface area (TPSA) is 74.0 Å². The Morgan fingerprint density at radius 3 is 2.48 bits per heavy atom. The summed E-state index contributed by atoms with van der Waals surface area (Å²) in [4.78, 5) is 15.3. The van der Waals surface area contributed by atoms with Gasteiger partial charge in [0.15, 0.2) is 0 Å². The van der Waals surface area contributed by atoms with Crippen LogP contribution in [0, 0.1) is 6.57 Å². The lowest BCUT2D eigenvalue weighted by Gasteiger charge is -2.11. The molecule has 1 aromatic carbocycles. The van der Waals surface area contributed by atoms with E-state index in [0.717, 1.165) is 17.4 Å². The third-order valence-electron chi connectivity index (χ3n) is 2.84. The van der Waals surface area contributed by atoms with Gasteiger partial charge in [0.25, 0.3) is 0 Å². The van der Waals surface area contributed by atoms with Crippen molar-refractivity contribution in [2.75, 3.05) is 7.11 Å². The minimum Gasteiger partial charge on any atom is -0.465 e. The van der Waals surface area contributed by atoms with Crippen LogP contribution in [0.4, 0.5) is 18.9 Å². The quantitative estimate of drug-likeness (QED) is 0.341. The Morgan fingerprint density at radius 2 is 1.92 bits per heavy atom. The summed E-state index contributed by atoms with van der Waals surface area (Å²) in [6, 6.07) is 6.45. The average molecular weight is 391 g/mol. The van der Waals surface area contributed by atoms with Gasteiger partial charge in [-0.15, -0.1) is 11.3 Å². The molecular formula is C14H8F3NO5S2. The predicted octanol–water partition coefficient (Wildman–Crippen LogP) is 3.98. The van der Waals surface area contributed by atoms with Crippen LogP contribution in [0.3, 0.4) is 0 Å². The number of nitrogens with zero attached hydrogens (tertiary/aromatic N) is 1. The van der Waals surface area contributed by atoms with Crippen molar-refractivity contribution in [1.29, 1.82) is 0 Å². The fourth-order valence-electron chi connectivity index (χ4n) is 1.70. The van der Waals surface area contributed by atoms with E-state index in [9.17, 15) is 26.4 Å². The van der Waals surface area contributed by atoms with E-state index < -0.39 is 33.0 Å². The van der Waals surface area contributed by atoms with E-state index in [1.165, 1.54) is 25.3 Å². The average Bonchev–Trinajstić information content (AvgIpc) is 3.03. The van der Waals surface area contributed by atoms with Crippen LogP contribution in [0.2, 0.25) is 0 Å². The van der Waals surface area contributed by atoms with Gasteiger partial charge in [-0.25, -0.2) is 9.64 Å². The van der Waals surface area contributed by atoms with E-state index >= 15 is 0 Å². The summed E-state index contributed by atoms with van der Waals surface area (Å²) in [5.41, 5.74) is -5.62. The summed E-state index contributed by atoms with van der Waals surface area (Å²) in [5, 5.41) is 0. The molecule has 0 saturated heterocycles. The maximum Gasteiger partial charge on any atom is 0.534 e. The molecule has 132 valence electrons. The van der Waals surface area contributed by atoms with Crippen molar-refractivity contribution in [2.24, 2.45) is 0 Å². The Labute approximate surface area is 144 Å². The van der Waals surface area contributed by atoms with E-state index in [1.807, 2.05) is 0 Å². The molecule has 0 aliphatic carbocycles. The van der Waals surface area contributed by atoms with Gasteiger partial charge in [0.05, 0.1) is 13.7 Å². The van der Waals surface area contributed by atoms with Gasteiger partial charge < -0.3 is 8.92 Å². The molecule has 1 heterocycles. The molecular weight excluding hydrogens is 383 g/mol. The Hall–Kier alpha value is -2.58. The van der Waals surface area contributed by atoms with Gasteiger partial charge in [0.2, 0.25) is 5.69 Å². The number of methoxy groups -OCH3 is 1. The molecule has 0 spiro atoms. The number of carbonyl (C=O) groups is 1. The van der Waals surface area contributed by atoms with Crippen LogP contribution < -0.4 is 4.18 Å². The number of alkyl halides is 3. The maximum absolute atomic E-state index is 12.4. The highest BCUT2D eigenvalue weighted by Gasteiger charge is 2.48. The predicted molar refractivity (Wildman–Crippen MR) is 83.0 cm³/mol. The highest BCUT2D eigenvalue weighted by molar-refractivity contribution is 7.88. The zero-order valence-electron chi connectivity index (χ0n) is 12.3. The number of halogens is 3. The first kappa shape index (κ1) is 18.8. The first-order valence-corrected chi connectivity index (χ1v) is 8.52. The molecule has 0 N–H and O–H groups in total. The molecule has 0 amide bonds. The molecule has 11 heteroatoms. The highest BCUT2D eigenvalue weighted by Crippen LogP contribution is 2.38. The number of carbonyl (C=O) groups excluding carboxylic acids is 1. The SMILES string of the molecule is [C-]#[N+]c1cc(-c2ccc(C(=O)OC)s2)ccc1OS(=O)(=O)C(F)(F)F. The van der Waals surface area contributed by atoms with Crippen LogP contribution in [-0.2, 0) is 14.9 Å². The maximum atomic E-state index is 12.4. The molecule has 25 heavy (non-hydrogen) atoms. The fraction of sp³-hybridized carbons (Fsp3) is 0.143. The first-order chi connectivity index (χ1) is 11.6. The van der Waals surface area contributed by atoms with Crippen molar-refractivity contribution in [3.63, 3.8) is 0 Å². The highest BCUT2D eigenvalue weighted by atomic mass is 32.2. The van der Waals surface area contributed by atoms with Gasteiger partial charge in [-0.2, -0.15) is 21.6 Å². The second kappa shape index (κ2) is 6.73. The van der Waals surface area contributed by atoms with Crippen LogP contribution in [0.5, 0.6) is 5.75 Å². The van der Waals surface area contributed by atoms with E-state index in [4.69, 9.17) is 6.57 Å². The summed E-state index contributed by atoms with van der Waals surface area (Å²) in [5.74, 6) is -1.29. The van der Waals surface area contributed by atoms with Crippen molar-refractivity contribution in [3.05, 3.63) is 46.6 Å². The summed E-state index contributed by atoms with van der Waals surface area (Å²) in [7, 11) is -4.66. The molecule has 0 fully saturated rings. The van der Waals surface area contributed by atoms with Crippen molar-refractivity contribution in [3.8, 4) is 16.2 Å². The molecule has 0 unspecified atom stereocenters. The second-order valence-electron chi connectivity index (χ2n) is 4.43. The smallest absolute Gasteiger partial charge is 0.465 e. The van der Waals surface area contributed by atoms with Crippen molar-refractivity contribution in [2.45, 2.75) is 5.51 Å². The number of hydrogen-bond donors (Lipinski definition) is 0. The van der Waals surface area contributed by atoms with Gasteiger partial charge in [0.1, 0.15) is 10.6 Å². The number of thiophene rings is 1. The molecule has 0 saturated carbocycles. The lowest BCUT2D eigenvalue weighted by molar-refractivity contribution is -0.0499. The lowest BCUT2D eigenvalue weighted by Crippen LogP contribution is -2.28. The summed E-state index contributed by atoms with van der Waals surface area (Å²) in [6.45, 7) is 7.01. The largest absolute Gasteiger partial charge is 0.534 e. The normalized spacial score (nSPS) is 11.6. The van der Waals surface area contributed by atoms with Crippen LogP contribution in [-0.4, -0.2) is 27.0 Å². The van der Waals surface area contributed by atoms with Crippen molar-refractivity contribution in [1.82, 2.24) is 0 Å². The van der Waals surface area contributed by atoms with Gasteiger partial charge in [-0.3, -0.25) is 0 Å². The van der Waals surface area contributed by atoms with Gasteiger partial charge in [-0.1, -0.05) is 6.07 Å². The zero-order chi connectivity index (χ0) is 18.8. The molecule has 0 radical (unpaired) electrons. The molecule has 1 aromatic heterocycles. The second-order valence-corrected chi connectivity index (χ2v) is 7.05. The summed E-state index contributed by atoms with van der Waals surface area (Å²) >= 11 is 1.04. The van der Waals surface area contributed by atoms with Crippen LogP contribution in [0.15, 0.2) is 30.3 Å². The minimum atomic E-state index is -5.87. The fourth-order valence-corrected chi connectivity index (χ4v) is 3.09. The van der Waals surface area contributed by atoms with E-state index in [0.29, 0.717) is 15.3 Å². The Balaban J connectivity index is 2.39. The molecule has 0 atom stereocenters. The number of hydrogen-bond acceptors (Lipinski definition) is 6. The Kier molecular flexibility index (Phi) is 5.05. The molecule has 0 bridgehead atoms. The number of ether oxygens (including phenoxy) is 1. The number of rotatable bonds is 4. The molecule has 6 nitrogen and oxygen atoms in total. The first-order valence-electron chi connectivity index (χ1n) is 6.30. The van der Waals surface area contributed by atoms with Gasteiger partial charge in [0, 0.05) is 4.88 Å². The van der Waals surface area contributed by atoms with Gasteiger partial charge >= 0.3 is 21.6 Å². The Bertz CT molecular complexity index is 958. The number of benzene rings is 1. The summed E-state index contributed by atoms with van der Waals surface area (Å²) in [6.07, 6.45) is 0. The molecule has 0 aliphatic heterocycles. The lowest BCUT2D eigenvalue weighted by atomic mass is 10.1. The van der Waals surface area contributed by atoms with Crippen molar-refractivity contribution < 1.29 is 35.3 Å². The standard InChI is InChI=1S/C14H8F3NO5S2/c1-18-9-7-8(11-5-6-12(24-11)13(19)22-2)3-4-10(9)23-25(20,21)14(15,16)17/h3-7H,2H3. The monoisotopic (exact) mass is 391 g/mol. The molecule has 2 aromatic rings.